The van der Waals surface area contributed by atoms with E-state index < -0.39 is 5.60 Å². The monoisotopic (exact) mass is 363 g/mol. The zero-order valence-electron chi connectivity index (χ0n) is 16.2. The van der Waals surface area contributed by atoms with E-state index >= 15 is 0 Å². The summed E-state index contributed by atoms with van der Waals surface area (Å²) in [6, 6.07) is 7.97. The van der Waals surface area contributed by atoms with Crippen molar-refractivity contribution in [3.63, 3.8) is 0 Å². The molecule has 0 radical (unpaired) electrons. The lowest BCUT2D eigenvalue weighted by molar-refractivity contribution is 0.0553. The number of anilines is 1. The zero-order chi connectivity index (χ0) is 19.2. The van der Waals surface area contributed by atoms with Gasteiger partial charge in [-0.2, -0.15) is 0 Å². The Balaban J connectivity index is 1.49. The van der Waals surface area contributed by atoms with E-state index in [4.69, 9.17) is 15.2 Å². The smallest absolute Gasteiger partial charge is 0.144 e. The van der Waals surface area contributed by atoms with Gasteiger partial charge in [-0.3, -0.25) is 0 Å². The second kappa shape index (κ2) is 6.34. The predicted octanol–water partition coefficient (Wildman–Crippen LogP) is 4.15. The molecule has 0 fully saturated rings. The van der Waals surface area contributed by atoms with E-state index in [1.165, 1.54) is 5.56 Å². The fourth-order valence-corrected chi connectivity index (χ4v) is 3.66. The first-order chi connectivity index (χ1) is 12.9. The number of nitrogens with two attached hydrogens (primary N) is 1. The molecule has 0 saturated heterocycles. The Kier molecular flexibility index (Phi) is 4.10. The molecule has 0 aliphatic carbocycles. The number of rotatable bonds is 4. The third-order valence-electron chi connectivity index (χ3n) is 5.52. The molecule has 2 N–H and O–H groups in total. The highest BCUT2D eigenvalue weighted by Gasteiger charge is 2.38. The molecule has 1 aliphatic heterocycles. The van der Waals surface area contributed by atoms with E-state index in [1.54, 1.807) is 12.5 Å². The van der Waals surface area contributed by atoms with Crippen molar-refractivity contribution < 1.29 is 9.47 Å². The van der Waals surface area contributed by atoms with Crippen molar-refractivity contribution in [1.29, 1.82) is 0 Å². The number of ether oxygens (including phenoxy) is 2. The standard InChI is InChI=1S/C22H25N3O2/c1-14-15(2)21-19(16(3)20(14)23)11-22(4,27-21)12-26-18-7-5-17(6-8-18)25-10-9-24-13-25/h5-10,13H,11-12,23H2,1-4H3. The number of nitrogen functional groups attached to an aromatic ring is 1. The second-order valence-electron chi connectivity index (χ2n) is 7.58. The minimum Gasteiger partial charge on any atom is -0.489 e. The molecule has 27 heavy (non-hydrogen) atoms. The largest absolute Gasteiger partial charge is 0.489 e. The van der Waals surface area contributed by atoms with Crippen molar-refractivity contribution in [2.45, 2.75) is 39.7 Å². The van der Waals surface area contributed by atoms with Crippen LogP contribution in [-0.4, -0.2) is 21.8 Å². The van der Waals surface area contributed by atoms with Gasteiger partial charge in [-0.25, -0.2) is 4.98 Å². The molecule has 0 bridgehead atoms. The van der Waals surface area contributed by atoms with Crippen molar-refractivity contribution in [2.75, 3.05) is 12.3 Å². The average Bonchev–Trinajstić information content (AvgIpc) is 3.32. The van der Waals surface area contributed by atoms with E-state index in [0.29, 0.717) is 6.61 Å². The van der Waals surface area contributed by atoms with E-state index in [9.17, 15) is 0 Å². The van der Waals surface area contributed by atoms with Crippen molar-refractivity contribution in [1.82, 2.24) is 9.55 Å². The average molecular weight is 363 g/mol. The first-order valence-corrected chi connectivity index (χ1v) is 9.16. The van der Waals surface area contributed by atoms with E-state index in [2.05, 4.69) is 32.7 Å². The van der Waals surface area contributed by atoms with Crippen LogP contribution < -0.4 is 15.2 Å². The van der Waals surface area contributed by atoms with E-state index in [1.807, 2.05) is 35.0 Å². The number of imidazole rings is 1. The molecule has 1 atom stereocenters. The van der Waals surface area contributed by atoms with Gasteiger partial charge in [0.1, 0.15) is 23.7 Å². The number of aromatic nitrogens is 2. The summed E-state index contributed by atoms with van der Waals surface area (Å²) in [6.45, 7) is 8.77. The lowest BCUT2D eigenvalue weighted by Crippen LogP contribution is -2.37. The number of hydrogen-bond acceptors (Lipinski definition) is 4. The summed E-state index contributed by atoms with van der Waals surface area (Å²) >= 11 is 0. The Labute approximate surface area is 159 Å². The SMILES string of the molecule is Cc1c(C)c2c(c(C)c1N)CC(C)(COc1ccc(-n3ccnc3)cc1)O2. The Hall–Kier alpha value is -2.95. The van der Waals surface area contributed by atoms with Crippen LogP contribution in [-0.2, 0) is 6.42 Å². The van der Waals surface area contributed by atoms with Crippen LogP contribution >= 0.6 is 0 Å². The summed E-state index contributed by atoms with van der Waals surface area (Å²) in [7, 11) is 0. The van der Waals surface area contributed by atoms with Gasteiger partial charge >= 0.3 is 0 Å². The highest BCUT2D eigenvalue weighted by molar-refractivity contribution is 5.66. The van der Waals surface area contributed by atoms with Crippen molar-refractivity contribution in [3.8, 4) is 17.2 Å². The Morgan fingerprint density at radius 3 is 2.56 bits per heavy atom. The molecule has 0 spiro atoms. The number of hydrogen-bond donors (Lipinski definition) is 1. The van der Waals surface area contributed by atoms with Crippen molar-refractivity contribution in [3.05, 3.63) is 65.2 Å². The highest BCUT2D eigenvalue weighted by Crippen LogP contribution is 2.43. The Morgan fingerprint density at radius 1 is 1.15 bits per heavy atom. The van der Waals surface area contributed by atoms with Gasteiger partial charge in [-0.1, -0.05) is 0 Å². The van der Waals surface area contributed by atoms with Gasteiger partial charge < -0.3 is 19.8 Å². The molecule has 1 aliphatic rings. The third-order valence-corrected chi connectivity index (χ3v) is 5.52. The molecule has 2 heterocycles. The Morgan fingerprint density at radius 2 is 1.89 bits per heavy atom. The quantitative estimate of drug-likeness (QED) is 0.707. The van der Waals surface area contributed by atoms with Gasteiger partial charge in [0, 0.05) is 35.8 Å². The maximum absolute atomic E-state index is 6.35. The van der Waals surface area contributed by atoms with Crippen LogP contribution in [0.4, 0.5) is 5.69 Å². The van der Waals surface area contributed by atoms with E-state index in [-0.39, 0.29) is 0 Å². The first kappa shape index (κ1) is 17.5. The fraction of sp³-hybridized carbons (Fsp3) is 0.318. The summed E-state index contributed by atoms with van der Waals surface area (Å²) in [4.78, 5) is 4.07. The van der Waals surface area contributed by atoms with Crippen LogP contribution in [0.15, 0.2) is 43.0 Å². The molecule has 3 aromatic rings. The summed E-state index contributed by atoms with van der Waals surface area (Å²) in [6.07, 6.45) is 6.25. The van der Waals surface area contributed by atoms with E-state index in [0.717, 1.165) is 46.0 Å². The Bertz CT molecular complexity index is 939. The van der Waals surface area contributed by atoms with Crippen LogP contribution in [0.2, 0.25) is 0 Å². The third kappa shape index (κ3) is 3.03. The van der Waals surface area contributed by atoms with Crippen LogP contribution in [0.25, 0.3) is 5.69 Å². The molecule has 5 nitrogen and oxygen atoms in total. The lowest BCUT2D eigenvalue weighted by Gasteiger charge is -2.24. The van der Waals surface area contributed by atoms with Gasteiger partial charge in [0.25, 0.3) is 0 Å². The van der Waals surface area contributed by atoms with Crippen molar-refractivity contribution >= 4 is 5.69 Å². The minimum atomic E-state index is -0.402. The summed E-state index contributed by atoms with van der Waals surface area (Å²) in [5.74, 6) is 1.80. The fourth-order valence-electron chi connectivity index (χ4n) is 3.66. The molecule has 1 aromatic heterocycles. The first-order valence-electron chi connectivity index (χ1n) is 9.16. The normalized spacial score (nSPS) is 18.2. The summed E-state index contributed by atoms with van der Waals surface area (Å²) in [5.41, 5.74) is 12.3. The molecule has 140 valence electrons. The molecular weight excluding hydrogens is 338 g/mol. The summed E-state index contributed by atoms with van der Waals surface area (Å²) < 4.78 is 14.4. The molecule has 2 aromatic carbocycles. The molecule has 1 unspecified atom stereocenters. The highest BCUT2D eigenvalue weighted by atomic mass is 16.5. The van der Waals surface area contributed by atoms with Crippen LogP contribution in [0, 0.1) is 20.8 Å². The maximum Gasteiger partial charge on any atom is 0.144 e. The number of fused-ring (bicyclic) bond motifs is 1. The number of nitrogens with zero attached hydrogens (tertiary/aromatic N) is 2. The zero-order valence-corrected chi connectivity index (χ0v) is 16.2. The van der Waals surface area contributed by atoms with Gasteiger partial charge in [-0.15, -0.1) is 0 Å². The van der Waals surface area contributed by atoms with Gasteiger partial charge in [0.05, 0.1) is 6.33 Å². The second-order valence-corrected chi connectivity index (χ2v) is 7.58. The maximum atomic E-state index is 6.35. The van der Waals surface area contributed by atoms with Gasteiger partial charge in [0.15, 0.2) is 0 Å². The van der Waals surface area contributed by atoms with Crippen LogP contribution in [0.3, 0.4) is 0 Å². The lowest BCUT2D eigenvalue weighted by atomic mass is 9.92. The van der Waals surface area contributed by atoms with Crippen LogP contribution in [0.5, 0.6) is 11.5 Å². The number of benzene rings is 2. The minimum absolute atomic E-state index is 0.402. The van der Waals surface area contributed by atoms with Gasteiger partial charge in [-0.05, 0) is 68.7 Å². The predicted molar refractivity (Wildman–Crippen MR) is 107 cm³/mol. The molecule has 0 amide bonds. The molecule has 4 rings (SSSR count). The van der Waals surface area contributed by atoms with Crippen LogP contribution in [0.1, 0.15) is 29.2 Å². The summed E-state index contributed by atoms with van der Waals surface area (Å²) in [5, 5.41) is 0. The molecule has 0 saturated carbocycles. The molecule has 5 heteroatoms. The van der Waals surface area contributed by atoms with Crippen molar-refractivity contribution in [2.24, 2.45) is 0 Å². The topological polar surface area (TPSA) is 62.3 Å². The molecular formula is C22H25N3O2. The van der Waals surface area contributed by atoms with Gasteiger partial charge in [0.2, 0.25) is 0 Å².